The molecule has 1 atom stereocenters. The second-order valence-corrected chi connectivity index (χ2v) is 12.4. The Morgan fingerprint density at radius 3 is 2.36 bits per heavy atom. The molecular formula is C16H14Br3ClN2O3. The number of carbonyl (C=O) groups is 1. The summed E-state index contributed by atoms with van der Waals surface area (Å²) in [5, 5.41) is 13.2. The van der Waals surface area contributed by atoms with E-state index < -0.39 is 14.4 Å². The Morgan fingerprint density at radius 1 is 1.20 bits per heavy atom. The number of aliphatic hydroxyl groups excluding tert-OH is 1. The van der Waals surface area contributed by atoms with Crippen molar-refractivity contribution < 1.29 is 14.6 Å². The van der Waals surface area contributed by atoms with Gasteiger partial charge in [-0.1, -0.05) is 71.5 Å². The van der Waals surface area contributed by atoms with Gasteiger partial charge in [-0.25, -0.2) is 4.79 Å². The summed E-state index contributed by atoms with van der Waals surface area (Å²) in [6, 6.07) is 13.5. The van der Waals surface area contributed by atoms with Crippen molar-refractivity contribution in [1.29, 1.82) is 0 Å². The molecule has 0 bridgehead atoms. The lowest BCUT2D eigenvalue weighted by atomic mass is 10.3. The summed E-state index contributed by atoms with van der Waals surface area (Å²) in [6.45, 7) is 0. The lowest BCUT2D eigenvalue weighted by Gasteiger charge is -2.29. The molecule has 0 saturated heterocycles. The van der Waals surface area contributed by atoms with Gasteiger partial charge in [0.05, 0.1) is 5.02 Å². The highest BCUT2D eigenvalue weighted by atomic mass is 80.0. The van der Waals surface area contributed by atoms with Gasteiger partial charge in [-0.15, -0.1) is 0 Å². The SMILES string of the molecule is CN(C(=O)Nc1ccc(Oc2ccccc2Cl)cc1)C(O)C(Br)(Br)Br. The fourth-order valence-corrected chi connectivity index (χ4v) is 2.90. The number of carbonyl (C=O) groups excluding carboxylic acids is 1. The van der Waals surface area contributed by atoms with E-state index in [2.05, 4.69) is 53.1 Å². The average molecular weight is 557 g/mol. The van der Waals surface area contributed by atoms with Crippen LogP contribution in [0.5, 0.6) is 11.5 Å². The van der Waals surface area contributed by atoms with Crippen LogP contribution in [0.25, 0.3) is 0 Å². The number of nitrogens with one attached hydrogen (secondary N) is 1. The van der Waals surface area contributed by atoms with Gasteiger partial charge >= 0.3 is 6.03 Å². The molecule has 0 aliphatic rings. The van der Waals surface area contributed by atoms with Crippen molar-refractivity contribution in [3.05, 3.63) is 53.6 Å². The number of ether oxygens (including phenoxy) is 1. The summed E-state index contributed by atoms with van der Waals surface area (Å²) in [7, 11) is 1.47. The molecule has 0 saturated carbocycles. The molecule has 0 heterocycles. The molecule has 2 N–H and O–H groups in total. The number of urea groups is 1. The Morgan fingerprint density at radius 2 is 1.80 bits per heavy atom. The molecule has 1 unspecified atom stereocenters. The first-order valence-corrected chi connectivity index (χ1v) is 9.75. The van der Waals surface area contributed by atoms with Crippen LogP contribution in [-0.2, 0) is 0 Å². The van der Waals surface area contributed by atoms with Crippen LogP contribution in [0, 0.1) is 0 Å². The van der Waals surface area contributed by atoms with E-state index in [9.17, 15) is 9.90 Å². The van der Waals surface area contributed by atoms with E-state index in [0.29, 0.717) is 22.2 Å². The number of anilines is 1. The molecule has 0 aromatic heterocycles. The number of para-hydroxylation sites is 1. The van der Waals surface area contributed by atoms with Gasteiger partial charge in [-0.2, -0.15) is 0 Å². The number of halogens is 4. The van der Waals surface area contributed by atoms with Crippen LogP contribution in [0.1, 0.15) is 0 Å². The summed E-state index contributed by atoms with van der Waals surface area (Å²) in [6.07, 6.45) is -1.14. The van der Waals surface area contributed by atoms with E-state index in [1.54, 1.807) is 36.4 Å². The number of alkyl halides is 3. The lowest BCUT2D eigenvalue weighted by molar-refractivity contribution is 0.0628. The summed E-state index contributed by atoms with van der Waals surface area (Å²) in [4.78, 5) is 13.3. The summed E-state index contributed by atoms with van der Waals surface area (Å²) in [5.41, 5.74) is 0.555. The predicted molar refractivity (Wildman–Crippen MR) is 110 cm³/mol. The Labute approximate surface area is 175 Å². The highest BCUT2D eigenvalue weighted by molar-refractivity contribution is 9.39. The molecule has 5 nitrogen and oxygen atoms in total. The highest BCUT2D eigenvalue weighted by Gasteiger charge is 2.34. The Balaban J connectivity index is 2.00. The molecule has 0 spiro atoms. The average Bonchev–Trinajstić information content (AvgIpc) is 2.56. The number of benzene rings is 2. The van der Waals surface area contributed by atoms with Gasteiger partial charge in [-0.3, -0.25) is 4.90 Å². The molecule has 0 aliphatic carbocycles. The third-order valence-corrected chi connectivity index (χ3v) is 4.69. The van der Waals surface area contributed by atoms with Gasteiger partial charge in [0.1, 0.15) is 11.5 Å². The van der Waals surface area contributed by atoms with E-state index >= 15 is 0 Å². The molecule has 2 aromatic carbocycles. The van der Waals surface area contributed by atoms with Crippen molar-refractivity contribution in [3.8, 4) is 11.5 Å². The number of amides is 2. The maximum absolute atomic E-state index is 12.2. The Kier molecular flexibility index (Phi) is 7.16. The van der Waals surface area contributed by atoms with Crippen LogP contribution < -0.4 is 10.1 Å². The van der Waals surface area contributed by atoms with Crippen molar-refractivity contribution >= 4 is 71.1 Å². The van der Waals surface area contributed by atoms with Crippen molar-refractivity contribution in [2.24, 2.45) is 0 Å². The van der Waals surface area contributed by atoms with Gasteiger partial charge < -0.3 is 15.2 Å². The molecule has 2 aromatic rings. The first-order valence-electron chi connectivity index (χ1n) is 6.99. The van der Waals surface area contributed by atoms with Gasteiger partial charge in [0, 0.05) is 12.7 Å². The van der Waals surface area contributed by atoms with Crippen LogP contribution in [0.2, 0.25) is 5.02 Å². The number of nitrogens with zero attached hydrogens (tertiary/aromatic N) is 1. The van der Waals surface area contributed by atoms with E-state index in [1.807, 2.05) is 12.1 Å². The largest absolute Gasteiger partial charge is 0.456 e. The van der Waals surface area contributed by atoms with Crippen molar-refractivity contribution in [2.75, 3.05) is 12.4 Å². The monoisotopic (exact) mass is 554 g/mol. The summed E-state index contributed by atoms with van der Waals surface area (Å²) >= 11 is 15.6. The summed E-state index contributed by atoms with van der Waals surface area (Å²) in [5.74, 6) is 1.13. The smallest absolute Gasteiger partial charge is 0.323 e. The molecule has 2 amide bonds. The third kappa shape index (κ3) is 5.86. The normalized spacial score (nSPS) is 12.4. The standard InChI is InChI=1S/C16H14Br3ClN2O3/c1-22(14(23)16(17,18)19)15(24)21-10-6-8-11(9-7-10)25-13-5-3-2-4-12(13)20/h2-9,14,23H,1H3,(H,21,24). The zero-order valence-corrected chi connectivity index (χ0v) is 18.4. The maximum atomic E-state index is 12.2. The Bertz CT molecular complexity index is 738. The fraction of sp³-hybridized carbons (Fsp3) is 0.188. The van der Waals surface area contributed by atoms with Crippen LogP contribution in [-0.4, -0.2) is 31.5 Å². The first-order chi connectivity index (χ1) is 11.7. The minimum Gasteiger partial charge on any atom is -0.456 e. The zero-order valence-electron chi connectivity index (χ0n) is 12.9. The molecule has 0 aliphatic heterocycles. The maximum Gasteiger partial charge on any atom is 0.323 e. The van der Waals surface area contributed by atoms with E-state index in [1.165, 1.54) is 7.05 Å². The van der Waals surface area contributed by atoms with Crippen molar-refractivity contribution in [2.45, 2.75) is 8.37 Å². The highest BCUT2D eigenvalue weighted by Crippen LogP contribution is 2.38. The molecule has 2 rings (SSSR count). The minimum atomic E-state index is -1.14. The topological polar surface area (TPSA) is 61.8 Å². The van der Waals surface area contributed by atoms with E-state index in [4.69, 9.17) is 16.3 Å². The molecule has 25 heavy (non-hydrogen) atoms. The van der Waals surface area contributed by atoms with Gasteiger partial charge in [0.15, 0.2) is 8.37 Å². The van der Waals surface area contributed by atoms with Gasteiger partial charge in [-0.05, 0) is 36.4 Å². The second-order valence-electron chi connectivity index (χ2n) is 5.01. The predicted octanol–water partition coefficient (Wildman–Crippen LogP) is 5.75. The zero-order chi connectivity index (χ0) is 18.6. The molecule has 9 heteroatoms. The van der Waals surface area contributed by atoms with E-state index in [0.717, 1.165) is 4.90 Å². The third-order valence-electron chi connectivity index (χ3n) is 3.15. The second kappa shape index (κ2) is 8.73. The molecule has 0 radical (unpaired) electrons. The van der Waals surface area contributed by atoms with Crippen LogP contribution in [0.3, 0.4) is 0 Å². The number of aliphatic hydroxyl groups is 1. The minimum absolute atomic E-state index is 0.477. The number of rotatable bonds is 4. The Hall–Kier alpha value is -0.800. The van der Waals surface area contributed by atoms with Crippen molar-refractivity contribution in [1.82, 2.24) is 4.90 Å². The number of hydrogen-bond acceptors (Lipinski definition) is 3. The van der Waals surface area contributed by atoms with Crippen LogP contribution >= 0.6 is 59.4 Å². The first kappa shape index (κ1) is 20.5. The number of hydrogen-bond donors (Lipinski definition) is 2. The van der Waals surface area contributed by atoms with Crippen molar-refractivity contribution in [3.63, 3.8) is 0 Å². The van der Waals surface area contributed by atoms with Gasteiger partial charge in [0.2, 0.25) is 0 Å². The van der Waals surface area contributed by atoms with Crippen LogP contribution in [0.15, 0.2) is 48.5 Å². The lowest BCUT2D eigenvalue weighted by Crippen LogP contribution is -2.46. The summed E-state index contributed by atoms with van der Waals surface area (Å²) < 4.78 is 4.69. The molecule has 134 valence electrons. The van der Waals surface area contributed by atoms with Gasteiger partial charge in [0.25, 0.3) is 0 Å². The molecule has 0 fully saturated rings. The molecular weight excluding hydrogens is 543 g/mol. The quantitative estimate of drug-likeness (QED) is 0.372. The fourth-order valence-electron chi connectivity index (χ4n) is 1.80. The van der Waals surface area contributed by atoms with E-state index in [-0.39, 0.29) is 0 Å². The van der Waals surface area contributed by atoms with Crippen LogP contribution in [0.4, 0.5) is 10.5 Å².